The van der Waals surface area contributed by atoms with Gasteiger partial charge in [-0.2, -0.15) is 13.2 Å². The second kappa shape index (κ2) is 6.30. The minimum atomic E-state index is -5.40. The van der Waals surface area contributed by atoms with Crippen molar-refractivity contribution in [1.29, 1.82) is 0 Å². The first kappa shape index (κ1) is 18.8. The Morgan fingerprint density at radius 1 is 1.33 bits per heavy atom. The summed E-state index contributed by atoms with van der Waals surface area (Å²) in [6, 6.07) is 2.92. The predicted molar refractivity (Wildman–Crippen MR) is 84.4 cm³/mol. The molecule has 0 aromatic carbocycles. The Kier molecular flexibility index (Phi) is 4.38. The van der Waals surface area contributed by atoms with Crippen LogP contribution in [0.1, 0.15) is 11.3 Å². The minimum absolute atomic E-state index is 0.176. The molecule has 0 bridgehead atoms. The molecule has 0 saturated heterocycles. The van der Waals surface area contributed by atoms with Gasteiger partial charge in [0.15, 0.2) is 0 Å². The van der Waals surface area contributed by atoms with Crippen LogP contribution in [0.25, 0.3) is 0 Å². The van der Waals surface area contributed by atoms with Gasteiger partial charge in [-0.1, -0.05) is 0 Å². The van der Waals surface area contributed by atoms with Gasteiger partial charge in [-0.15, -0.1) is 11.6 Å². The predicted octanol–water partition coefficient (Wildman–Crippen LogP) is 0.243. The van der Waals surface area contributed by atoms with Crippen LogP contribution in [0.4, 0.5) is 19.0 Å². The van der Waals surface area contributed by atoms with Crippen LogP contribution in [0, 0.1) is 0 Å². The first-order valence-corrected chi connectivity index (χ1v) is 7.80. The Hall–Kier alpha value is -3.02. The van der Waals surface area contributed by atoms with Crippen molar-refractivity contribution in [3.8, 4) is 0 Å². The molecule has 0 fully saturated rings. The normalized spacial score (nSPS) is 18.9. The van der Waals surface area contributed by atoms with E-state index in [1.165, 1.54) is 23.7 Å². The van der Waals surface area contributed by atoms with Crippen molar-refractivity contribution in [3.63, 3.8) is 0 Å². The summed E-state index contributed by atoms with van der Waals surface area (Å²) in [6.45, 7) is -0.372. The molecule has 0 aliphatic carbocycles. The van der Waals surface area contributed by atoms with Crippen LogP contribution >= 0.6 is 11.6 Å². The molecule has 27 heavy (non-hydrogen) atoms. The van der Waals surface area contributed by atoms with E-state index in [0.717, 1.165) is 0 Å². The van der Waals surface area contributed by atoms with Crippen molar-refractivity contribution in [2.75, 3.05) is 11.2 Å². The first-order chi connectivity index (χ1) is 12.6. The van der Waals surface area contributed by atoms with Gasteiger partial charge in [0.25, 0.3) is 11.5 Å². The number of furan rings is 1. The highest BCUT2D eigenvalue weighted by Crippen LogP contribution is 2.44. The van der Waals surface area contributed by atoms with Gasteiger partial charge in [0.05, 0.1) is 12.8 Å². The zero-order valence-corrected chi connectivity index (χ0v) is 13.9. The number of anilines is 1. The van der Waals surface area contributed by atoms with E-state index in [2.05, 4.69) is 0 Å². The first-order valence-electron chi connectivity index (χ1n) is 7.27. The van der Waals surface area contributed by atoms with Crippen molar-refractivity contribution in [2.45, 2.75) is 18.3 Å². The minimum Gasteiger partial charge on any atom is -0.467 e. The third kappa shape index (κ3) is 2.81. The third-order valence-corrected chi connectivity index (χ3v) is 4.16. The van der Waals surface area contributed by atoms with E-state index in [9.17, 15) is 32.3 Å². The number of amides is 2. The molecule has 1 aliphatic rings. The highest BCUT2D eigenvalue weighted by Gasteiger charge is 2.68. The standard InChI is InChI=1S/C14H10ClF3N4O5/c15-4-7(23)21-13(14(16,17)18)8-9(19-11(13)25)22(12(26)20-10(8)24)5-6-2-1-3-27-6/h1-3H,4-5H2,(H,19,25)(H,21,23)(H,20,24,26)/t13-/m1/s1. The summed E-state index contributed by atoms with van der Waals surface area (Å²) in [5.41, 5.74) is -7.40. The second-order valence-corrected chi connectivity index (χ2v) is 5.80. The lowest BCUT2D eigenvalue weighted by Crippen LogP contribution is -2.62. The van der Waals surface area contributed by atoms with Crippen LogP contribution in [0.3, 0.4) is 0 Å². The quantitative estimate of drug-likeness (QED) is 0.627. The summed E-state index contributed by atoms with van der Waals surface area (Å²) in [7, 11) is 0. The van der Waals surface area contributed by atoms with Gasteiger partial charge in [0, 0.05) is 0 Å². The number of alkyl halides is 4. The highest BCUT2D eigenvalue weighted by molar-refractivity contribution is 6.27. The molecule has 0 radical (unpaired) electrons. The lowest BCUT2D eigenvalue weighted by Gasteiger charge is -2.29. The molecule has 3 heterocycles. The number of nitrogens with one attached hydrogen (secondary N) is 3. The maximum Gasteiger partial charge on any atom is 0.425 e. The zero-order valence-electron chi connectivity index (χ0n) is 13.1. The van der Waals surface area contributed by atoms with Crippen molar-refractivity contribution >= 4 is 29.2 Å². The van der Waals surface area contributed by atoms with E-state index in [1.54, 1.807) is 4.98 Å². The summed E-state index contributed by atoms with van der Waals surface area (Å²) in [6.07, 6.45) is -4.13. The number of hydrogen-bond acceptors (Lipinski definition) is 5. The average molecular weight is 407 g/mol. The highest BCUT2D eigenvalue weighted by atomic mass is 35.5. The number of carbonyl (C=O) groups is 2. The van der Waals surface area contributed by atoms with Crippen molar-refractivity contribution < 1.29 is 27.2 Å². The van der Waals surface area contributed by atoms with Gasteiger partial charge in [-0.3, -0.25) is 23.9 Å². The molecule has 0 saturated carbocycles. The van der Waals surface area contributed by atoms with Crippen molar-refractivity contribution in [3.05, 3.63) is 50.6 Å². The lowest BCUT2D eigenvalue weighted by molar-refractivity contribution is -0.200. The molecule has 13 heteroatoms. The lowest BCUT2D eigenvalue weighted by atomic mass is 9.92. The number of aromatic nitrogens is 2. The van der Waals surface area contributed by atoms with Crippen molar-refractivity contribution in [2.24, 2.45) is 0 Å². The summed E-state index contributed by atoms with van der Waals surface area (Å²) in [5, 5.41) is 3.34. The molecule has 0 spiro atoms. The molecular weight excluding hydrogens is 397 g/mol. The molecule has 9 nitrogen and oxygen atoms in total. The fourth-order valence-corrected chi connectivity index (χ4v) is 2.84. The number of hydrogen-bond donors (Lipinski definition) is 3. The number of halogens is 4. The number of aromatic amines is 1. The Bertz CT molecular complexity index is 1030. The van der Waals surface area contributed by atoms with Crippen LogP contribution in [-0.4, -0.2) is 33.4 Å². The zero-order chi connectivity index (χ0) is 20.0. The van der Waals surface area contributed by atoms with Gasteiger partial charge in [0.1, 0.15) is 23.0 Å². The Morgan fingerprint density at radius 3 is 2.59 bits per heavy atom. The van der Waals surface area contributed by atoms with Crippen molar-refractivity contribution in [1.82, 2.24) is 14.9 Å². The Morgan fingerprint density at radius 2 is 2.04 bits per heavy atom. The molecule has 2 aromatic rings. The smallest absolute Gasteiger partial charge is 0.425 e. The van der Waals surface area contributed by atoms with E-state index in [4.69, 9.17) is 16.0 Å². The van der Waals surface area contributed by atoms with E-state index in [1.807, 2.05) is 5.32 Å². The molecule has 1 atom stereocenters. The maximum atomic E-state index is 13.9. The molecule has 144 valence electrons. The summed E-state index contributed by atoms with van der Waals surface area (Å²) in [5.74, 6) is -4.48. The Balaban J connectivity index is 2.29. The molecule has 1 aliphatic heterocycles. The fraction of sp³-hybridized carbons (Fsp3) is 0.286. The topological polar surface area (TPSA) is 126 Å². The van der Waals surface area contributed by atoms with Crippen LogP contribution in [-0.2, 0) is 21.7 Å². The van der Waals surface area contributed by atoms with E-state index < -0.39 is 52.0 Å². The summed E-state index contributed by atoms with van der Waals surface area (Å²) >= 11 is 5.24. The monoisotopic (exact) mass is 406 g/mol. The molecule has 2 aromatic heterocycles. The Labute approximate surface area is 152 Å². The molecule has 2 amide bonds. The van der Waals surface area contributed by atoms with Gasteiger partial charge in [-0.25, -0.2) is 4.79 Å². The summed E-state index contributed by atoms with van der Waals surface area (Å²) < 4.78 is 47.3. The molecular formula is C14H10ClF3N4O5. The number of nitrogens with zero attached hydrogens (tertiary/aromatic N) is 1. The summed E-state index contributed by atoms with van der Waals surface area (Å²) in [4.78, 5) is 49.9. The fourth-order valence-electron chi connectivity index (χ4n) is 2.78. The van der Waals surface area contributed by atoms with Gasteiger partial charge in [-0.05, 0) is 12.1 Å². The van der Waals surface area contributed by atoms with E-state index >= 15 is 0 Å². The number of H-pyrrole nitrogens is 1. The second-order valence-electron chi connectivity index (χ2n) is 5.53. The SMILES string of the molecule is O=C(CCl)N[C@@]1(C(F)(F)F)C(=O)Nc2c1c(=O)[nH]c(=O)n2Cc1ccco1. The number of carbonyl (C=O) groups excluding carboxylic acids is 2. The van der Waals surface area contributed by atoms with Gasteiger partial charge < -0.3 is 15.1 Å². The van der Waals surface area contributed by atoms with Gasteiger partial charge in [0.2, 0.25) is 11.4 Å². The van der Waals surface area contributed by atoms with Crippen LogP contribution in [0.5, 0.6) is 0 Å². The van der Waals surface area contributed by atoms with Crippen LogP contribution < -0.4 is 21.9 Å². The van der Waals surface area contributed by atoms with E-state index in [-0.39, 0.29) is 12.3 Å². The molecule has 0 unspecified atom stereocenters. The third-order valence-electron chi connectivity index (χ3n) is 3.91. The maximum absolute atomic E-state index is 13.9. The van der Waals surface area contributed by atoms with Crippen LogP contribution in [0.2, 0.25) is 0 Å². The number of rotatable bonds is 4. The largest absolute Gasteiger partial charge is 0.467 e. The van der Waals surface area contributed by atoms with E-state index in [0.29, 0.717) is 4.57 Å². The van der Waals surface area contributed by atoms with Crippen LogP contribution in [0.15, 0.2) is 32.4 Å². The number of fused-ring (bicyclic) bond motifs is 1. The average Bonchev–Trinajstić information content (AvgIpc) is 3.18. The molecule has 3 N–H and O–H groups in total. The molecule has 3 rings (SSSR count). The van der Waals surface area contributed by atoms with Gasteiger partial charge >= 0.3 is 11.9 Å².